The highest BCUT2D eigenvalue weighted by atomic mass is 32.1. The predicted octanol–water partition coefficient (Wildman–Crippen LogP) is 3.91. The monoisotopic (exact) mass is 275 g/mol. The number of nitrogens with one attached hydrogen (secondary N) is 1. The Morgan fingerprint density at radius 2 is 1.84 bits per heavy atom. The molecule has 0 unspecified atom stereocenters. The SMILES string of the molecule is CCN(CC)c1ccc(NCc2cnc(C)s2)cc1. The van der Waals surface area contributed by atoms with E-state index >= 15 is 0 Å². The minimum atomic E-state index is 0.843. The van der Waals surface area contributed by atoms with Gasteiger partial charge in [0.25, 0.3) is 0 Å². The van der Waals surface area contributed by atoms with Gasteiger partial charge < -0.3 is 10.2 Å². The number of anilines is 2. The highest BCUT2D eigenvalue weighted by Gasteiger charge is 2.02. The van der Waals surface area contributed by atoms with Crippen molar-refractivity contribution in [2.45, 2.75) is 27.3 Å². The lowest BCUT2D eigenvalue weighted by Gasteiger charge is -2.21. The van der Waals surface area contributed by atoms with Crippen LogP contribution in [0.1, 0.15) is 23.7 Å². The Bertz CT molecular complexity index is 500. The van der Waals surface area contributed by atoms with Gasteiger partial charge in [-0.25, -0.2) is 4.98 Å². The minimum absolute atomic E-state index is 0.843. The van der Waals surface area contributed by atoms with Crippen LogP contribution in [0.5, 0.6) is 0 Å². The summed E-state index contributed by atoms with van der Waals surface area (Å²) in [4.78, 5) is 7.87. The van der Waals surface area contributed by atoms with Crippen LogP contribution in [0, 0.1) is 6.92 Å². The standard InChI is InChI=1S/C15H21N3S/c1-4-18(5-2)14-8-6-13(7-9-14)17-11-15-10-16-12(3)19-15/h6-10,17H,4-5,11H2,1-3H3. The molecule has 0 aliphatic carbocycles. The van der Waals surface area contributed by atoms with E-state index in [1.165, 1.54) is 10.6 Å². The molecular formula is C15H21N3S. The topological polar surface area (TPSA) is 28.2 Å². The van der Waals surface area contributed by atoms with Crippen LogP contribution in [0.15, 0.2) is 30.5 Å². The maximum Gasteiger partial charge on any atom is 0.0897 e. The van der Waals surface area contributed by atoms with Crippen LogP contribution in [-0.2, 0) is 6.54 Å². The second-order valence-electron chi connectivity index (χ2n) is 4.42. The summed E-state index contributed by atoms with van der Waals surface area (Å²) in [6, 6.07) is 8.63. The lowest BCUT2D eigenvalue weighted by Crippen LogP contribution is -2.21. The van der Waals surface area contributed by atoms with Crippen molar-refractivity contribution in [1.29, 1.82) is 0 Å². The van der Waals surface area contributed by atoms with Crippen LogP contribution < -0.4 is 10.2 Å². The molecule has 0 spiro atoms. The molecule has 0 bridgehead atoms. The van der Waals surface area contributed by atoms with Crippen molar-refractivity contribution in [2.75, 3.05) is 23.3 Å². The van der Waals surface area contributed by atoms with Crippen LogP contribution in [0.3, 0.4) is 0 Å². The lowest BCUT2D eigenvalue weighted by molar-refractivity contribution is 0.866. The first-order valence-electron chi connectivity index (χ1n) is 6.73. The van der Waals surface area contributed by atoms with Crippen molar-refractivity contribution >= 4 is 22.7 Å². The summed E-state index contributed by atoms with van der Waals surface area (Å²) in [6.07, 6.45) is 1.94. The highest BCUT2D eigenvalue weighted by Crippen LogP contribution is 2.19. The molecule has 2 aromatic rings. The molecule has 102 valence electrons. The van der Waals surface area contributed by atoms with Gasteiger partial charge in [0.15, 0.2) is 0 Å². The van der Waals surface area contributed by atoms with Crippen LogP contribution in [0.4, 0.5) is 11.4 Å². The summed E-state index contributed by atoms with van der Waals surface area (Å²) in [5.41, 5.74) is 2.44. The van der Waals surface area contributed by atoms with E-state index in [1.807, 2.05) is 13.1 Å². The van der Waals surface area contributed by atoms with E-state index in [4.69, 9.17) is 0 Å². The molecule has 0 saturated heterocycles. The fourth-order valence-electron chi connectivity index (χ4n) is 2.06. The molecule has 1 heterocycles. The molecule has 3 nitrogen and oxygen atoms in total. The van der Waals surface area contributed by atoms with Crippen molar-refractivity contribution < 1.29 is 0 Å². The van der Waals surface area contributed by atoms with E-state index < -0.39 is 0 Å². The Morgan fingerprint density at radius 3 is 2.37 bits per heavy atom. The number of nitrogens with zero attached hydrogens (tertiary/aromatic N) is 2. The second kappa shape index (κ2) is 6.57. The zero-order chi connectivity index (χ0) is 13.7. The fraction of sp³-hybridized carbons (Fsp3) is 0.400. The van der Waals surface area contributed by atoms with Gasteiger partial charge in [0.2, 0.25) is 0 Å². The molecule has 0 aliphatic heterocycles. The minimum Gasteiger partial charge on any atom is -0.380 e. The lowest BCUT2D eigenvalue weighted by atomic mass is 10.2. The zero-order valence-electron chi connectivity index (χ0n) is 11.8. The first-order valence-corrected chi connectivity index (χ1v) is 7.54. The van der Waals surface area contributed by atoms with Crippen LogP contribution in [0.2, 0.25) is 0 Å². The Labute approximate surface area is 119 Å². The van der Waals surface area contributed by atoms with Crippen LogP contribution in [0.25, 0.3) is 0 Å². The Balaban J connectivity index is 1.95. The molecular weight excluding hydrogens is 254 g/mol. The molecule has 1 aromatic heterocycles. The van der Waals surface area contributed by atoms with E-state index in [0.717, 1.165) is 30.3 Å². The van der Waals surface area contributed by atoms with Gasteiger partial charge >= 0.3 is 0 Å². The maximum atomic E-state index is 4.26. The summed E-state index contributed by atoms with van der Waals surface area (Å²) < 4.78 is 0. The van der Waals surface area contributed by atoms with Crippen LogP contribution in [-0.4, -0.2) is 18.1 Å². The molecule has 2 rings (SSSR count). The third-order valence-electron chi connectivity index (χ3n) is 3.13. The molecule has 0 fully saturated rings. The quantitative estimate of drug-likeness (QED) is 0.866. The Hall–Kier alpha value is -1.55. The van der Waals surface area contributed by atoms with E-state index in [2.05, 4.69) is 53.3 Å². The molecule has 0 amide bonds. The first kappa shape index (κ1) is 13.9. The summed E-state index contributed by atoms with van der Waals surface area (Å²) in [7, 11) is 0. The van der Waals surface area contributed by atoms with Crippen LogP contribution >= 0.6 is 11.3 Å². The predicted molar refractivity (Wildman–Crippen MR) is 84.2 cm³/mol. The maximum absolute atomic E-state index is 4.26. The molecule has 1 N–H and O–H groups in total. The van der Waals surface area contributed by atoms with Gasteiger partial charge in [0, 0.05) is 35.5 Å². The van der Waals surface area contributed by atoms with E-state index in [0.29, 0.717) is 0 Å². The molecule has 19 heavy (non-hydrogen) atoms. The number of aromatic nitrogens is 1. The van der Waals surface area contributed by atoms with Gasteiger partial charge in [-0.1, -0.05) is 0 Å². The highest BCUT2D eigenvalue weighted by molar-refractivity contribution is 7.11. The molecule has 4 heteroatoms. The van der Waals surface area contributed by atoms with E-state index in [1.54, 1.807) is 11.3 Å². The molecule has 0 radical (unpaired) electrons. The number of hydrogen-bond donors (Lipinski definition) is 1. The summed E-state index contributed by atoms with van der Waals surface area (Å²) >= 11 is 1.74. The summed E-state index contributed by atoms with van der Waals surface area (Å²) in [6.45, 7) is 9.33. The van der Waals surface area contributed by atoms with Gasteiger partial charge in [-0.3, -0.25) is 0 Å². The Kier molecular flexibility index (Phi) is 4.80. The smallest absolute Gasteiger partial charge is 0.0897 e. The van der Waals surface area contributed by atoms with Crippen molar-refractivity contribution in [2.24, 2.45) is 0 Å². The normalized spacial score (nSPS) is 10.5. The van der Waals surface area contributed by atoms with Crippen molar-refractivity contribution in [3.8, 4) is 0 Å². The largest absolute Gasteiger partial charge is 0.380 e. The number of aryl methyl sites for hydroxylation is 1. The third-order valence-corrected chi connectivity index (χ3v) is 4.04. The van der Waals surface area contributed by atoms with Crippen molar-refractivity contribution in [3.05, 3.63) is 40.3 Å². The van der Waals surface area contributed by atoms with Gasteiger partial charge in [0.1, 0.15) is 0 Å². The Morgan fingerprint density at radius 1 is 1.16 bits per heavy atom. The number of benzene rings is 1. The summed E-state index contributed by atoms with van der Waals surface area (Å²) in [5.74, 6) is 0. The number of rotatable bonds is 6. The number of hydrogen-bond acceptors (Lipinski definition) is 4. The summed E-state index contributed by atoms with van der Waals surface area (Å²) in [5, 5.41) is 4.55. The fourth-order valence-corrected chi connectivity index (χ4v) is 2.79. The zero-order valence-corrected chi connectivity index (χ0v) is 12.6. The number of thiazole rings is 1. The third kappa shape index (κ3) is 3.70. The van der Waals surface area contributed by atoms with Crippen molar-refractivity contribution in [3.63, 3.8) is 0 Å². The second-order valence-corrected chi connectivity index (χ2v) is 5.74. The average molecular weight is 275 g/mol. The molecule has 0 aliphatic rings. The average Bonchev–Trinajstić information content (AvgIpc) is 2.85. The van der Waals surface area contributed by atoms with Gasteiger partial charge in [-0.15, -0.1) is 11.3 Å². The van der Waals surface area contributed by atoms with Crippen molar-refractivity contribution in [1.82, 2.24) is 4.98 Å². The van der Waals surface area contributed by atoms with Gasteiger partial charge in [-0.05, 0) is 45.0 Å². The molecule has 1 aromatic carbocycles. The van der Waals surface area contributed by atoms with E-state index in [9.17, 15) is 0 Å². The molecule has 0 atom stereocenters. The molecule has 0 saturated carbocycles. The van der Waals surface area contributed by atoms with E-state index in [-0.39, 0.29) is 0 Å². The van der Waals surface area contributed by atoms with Gasteiger partial charge in [-0.2, -0.15) is 0 Å². The first-order chi connectivity index (χ1) is 9.22. The van der Waals surface area contributed by atoms with Gasteiger partial charge in [0.05, 0.1) is 11.6 Å².